The maximum Gasteiger partial charge on any atom is 0.262 e. The summed E-state index contributed by atoms with van der Waals surface area (Å²) in [5.74, 6) is 0.679. The van der Waals surface area contributed by atoms with Crippen molar-refractivity contribution in [3.63, 3.8) is 0 Å². The number of halogens is 1. The standard InChI is InChI=1S/C18H13ClN4O2S/c19-17-15(7-4-10-20-17)23-26(24,25)13-8-9-14-16(11-13)22-18(21-14)12-5-2-1-3-6-12/h1-11,23H,(H,21,22). The lowest BCUT2D eigenvalue weighted by Crippen LogP contribution is -2.13. The van der Waals surface area contributed by atoms with Crippen LogP contribution >= 0.6 is 11.6 Å². The fraction of sp³-hybridized carbons (Fsp3) is 0. The van der Waals surface area contributed by atoms with Crippen LogP contribution in [0.15, 0.2) is 71.8 Å². The number of imidazole rings is 1. The Kier molecular flexibility index (Phi) is 4.10. The first-order chi connectivity index (χ1) is 12.5. The molecular weight excluding hydrogens is 372 g/mol. The third kappa shape index (κ3) is 3.14. The third-order valence-electron chi connectivity index (χ3n) is 3.81. The fourth-order valence-electron chi connectivity index (χ4n) is 2.55. The zero-order valence-electron chi connectivity index (χ0n) is 13.3. The van der Waals surface area contributed by atoms with E-state index >= 15 is 0 Å². The van der Waals surface area contributed by atoms with Crippen molar-refractivity contribution < 1.29 is 8.42 Å². The van der Waals surface area contributed by atoms with Crippen LogP contribution in [0.4, 0.5) is 5.69 Å². The monoisotopic (exact) mass is 384 g/mol. The molecule has 4 aromatic rings. The Morgan fingerprint density at radius 3 is 2.58 bits per heavy atom. The molecule has 8 heteroatoms. The minimum absolute atomic E-state index is 0.0880. The Morgan fingerprint density at radius 2 is 1.81 bits per heavy atom. The molecule has 0 fully saturated rings. The van der Waals surface area contributed by atoms with Gasteiger partial charge in [-0.15, -0.1) is 0 Å². The summed E-state index contributed by atoms with van der Waals surface area (Å²) in [7, 11) is -3.80. The van der Waals surface area contributed by atoms with E-state index in [1.165, 1.54) is 12.3 Å². The summed E-state index contributed by atoms with van der Waals surface area (Å²) in [5, 5.41) is 0.0880. The van der Waals surface area contributed by atoms with Gasteiger partial charge in [0, 0.05) is 11.8 Å². The van der Waals surface area contributed by atoms with Crippen LogP contribution in [0.1, 0.15) is 0 Å². The first-order valence-electron chi connectivity index (χ1n) is 7.71. The second kappa shape index (κ2) is 6.44. The highest BCUT2D eigenvalue weighted by atomic mass is 35.5. The van der Waals surface area contributed by atoms with E-state index in [2.05, 4.69) is 19.7 Å². The average molecular weight is 385 g/mol. The summed E-state index contributed by atoms with van der Waals surface area (Å²) in [6.07, 6.45) is 1.49. The zero-order chi connectivity index (χ0) is 18.1. The molecule has 6 nitrogen and oxygen atoms in total. The molecule has 0 aliphatic rings. The minimum Gasteiger partial charge on any atom is -0.338 e. The molecule has 2 aromatic heterocycles. The van der Waals surface area contributed by atoms with Gasteiger partial charge >= 0.3 is 0 Å². The van der Waals surface area contributed by atoms with Gasteiger partial charge in [0.1, 0.15) is 5.82 Å². The average Bonchev–Trinajstić information content (AvgIpc) is 3.07. The van der Waals surface area contributed by atoms with Crippen molar-refractivity contribution in [1.82, 2.24) is 15.0 Å². The van der Waals surface area contributed by atoms with Crippen LogP contribution in [-0.4, -0.2) is 23.4 Å². The maximum atomic E-state index is 12.6. The summed E-state index contributed by atoms with van der Waals surface area (Å²) in [6.45, 7) is 0. The Bertz CT molecular complexity index is 1190. The van der Waals surface area contributed by atoms with Crippen molar-refractivity contribution in [3.05, 3.63) is 72.0 Å². The lowest BCUT2D eigenvalue weighted by Gasteiger charge is -2.08. The maximum absolute atomic E-state index is 12.6. The Morgan fingerprint density at radius 1 is 1.00 bits per heavy atom. The zero-order valence-corrected chi connectivity index (χ0v) is 14.9. The third-order valence-corrected chi connectivity index (χ3v) is 5.48. The van der Waals surface area contributed by atoms with Crippen LogP contribution in [-0.2, 0) is 10.0 Å². The number of nitrogens with one attached hydrogen (secondary N) is 2. The molecule has 0 spiro atoms. The van der Waals surface area contributed by atoms with E-state index in [9.17, 15) is 8.42 Å². The predicted molar refractivity (Wildman–Crippen MR) is 102 cm³/mol. The molecule has 0 saturated heterocycles. The van der Waals surface area contributed by atoms with Gasteiger partial charge < -0.3 is 4.98 Å². The molecule has 0 saturated carbocycles. The normalized spacial score (nSPS) is 11.6. The molecule has 0 bridgehead atoms. The molecular formula is C18H13ClN4O2S. The van der Waals surface area contributed by atoms with E-state index < -0.39 is 10.0 Å². The fourth-order valence-corrected chi connectivity index (χ4v) is 3.87. The summed E-state index contributed by atoms with van der Waals surface area (Å²) in [4.78, 5) is 11.6. The second-order valence-electron chi connectivity index (χ2n) is 5.58. The van der Waals surface area contributed by atoms with E-state index in [0.29, 0.717) is 16.9 Å². The highest BCUT2D eigenvalue weighted by molar-refractivity contribution is 7.92. The number of hydrogen-bond acceptors (Lipinski definition) is 4. The van der Waals surface area contributed by atoms with Crippen LogP contribution in [0.3, 0.4) is 0 Å². The van der Waals surface area contributed by atoms with Gasteiger partial charge in [-0.05, 0) is 30.3 Å². The van der Waals surface area contributed by atoms with Gasteiger partial charge in [0.05, 0.1) is 21.6 Å². The molecule has 0 unspecified atom stereocenters. The lowest BCUT2D eigenvalue weighted by molar-refractivity contribution is 0.601. The van der Waals surface area contributed by atoms with Gasteiger partial charge in [0.25, 0.3) is 10.0 Å². The summed E-state index contributed by atoms with van der Waals surface area (Å²) < 4.78 is 27.7. The number of benzene rings is 2. The Hall–Kier alpha value is -2.90. The smallest absolute Gasteiger partial charge is 0.262 e. The first kappa shape index (κ1) is 16.6. The number of pyridine rings is 1. The summed E-state index contributed by atoms with van der Waals surface area (Å²) in [5.41, 5.74) is 2.46. The molecule has 26 heavy (non-hydrogen) atoms. The summed E-state index contributed by atoms with van der Waals surface area (Å²) in [6, 6.07) is 17.5. The first-order valence-corrected chi connectivity index (χ1v) is 9.57. The van der Waals surface area contributed by atoms with Crippen molar-refractivity contribution in [3.8, 4) is 11.4 Å². The molecule has 2 N–H and O–H groups in total. The van der Waals surface area contributed by atoms with E-state index in [1.54, 1.807) is 24.3 Å². The number of hydrogen-bond donors (Lipinski definition) is 2. The van der Waals surface area contributed by atoms with Crippen LogP contribution in [0.25, 0.3) is 22.4 Å². The molecule has 0 amide bonds. The van der Waals surface area contributed by atoms with E-state index in [0.717, 1.165) is 5.56 Å². The van der Waals surface area contributed by atoms with Gasteiger partial charge in [-0.25, -0.2) is 18.4 Å². The second-order valence-corrected chi connectivity index (χ2v) is 7.62. The molecule has 0 aliphatic heterocycles. The quantitative estimate of drug-likeness (QED) is 0.519. The molecule has 2 aromatic carbocycles. The van der Waals surface area contributed by atoms with Crippen LogP contribution < -0.4 is 4.72 Å². The van der Waals surface area contributed by atoms with Crippen molar-refractivity contribution in [2.24, 2.45) is 0 Å². The molecule has 4 rings (SSSR count). The predicted octanol–water partition coefficient (Wildman–Crippen LogP) is 4.08. The van der Waals surface area contributed by atoms with Crippen molar-refractivity contribution in [2.45, 2.75) is 4.90 Å². The van der Waals surface area contributed by atoms with Crippen molar-refractivity contribution >= 4 is 38.3 Å². The van der Waals surface area contributed by atoms with Gasteiger partial charge in [-0.1, -0.05) is 41.9 Å². The van der Waals surface area contributed by atoms with E-state index in [-0.39, 0.29) is 15.7 Å². The number of aromatic amines is 1. The van der Waals surface area contributed by atoms with Gasteiger partial charge in [0.15, 0.2) is 5.15 Å². The molecule has 130 valence electrons. The Labute approximate surface area is 154 Å². The number of fused-ring (bicyclic) bond motifs is 1. The van der Waals surface area contributed by atoms with E-state index in [1.807, 2.05) is 30.3 Å². The number of aromatic nitrogens is 3. The highest BCUT2D eigenvalue weighted by Gasteiger charge is 2.17. The molecule has 2 heterocycles. The van der Waals surface area contributed by atoms with Crippen molar-refractivity contribution in [1.29, 1.82) is 0 Å². The molecule has 0 radical (unpaired) electrons. The van der Waals surface area contributed by atoms with Gasteiger partial charge in [-0.3, -0.25) is 4.72 Å². The molecule has 0 aliphatic carbocycles. The van der Waals surface area contributed by atoms with Crippen LogP contribution in [0.2, 0.25) is 5.15 Å². The van der Waals surface area contributed by atoms with Crippen molar-refractivity contribution in [2.75, 3.05) is 4.72 Å². The highest BCUT2D eigenvalue weighted by Crippen LogP contribution is 2.25. The topological polar surface area (TPSA) is 87.7 Å². The number of H-pyrrole nitrogens is 1. The largest absolute Gasteiger partial charge is 0.338 e. The lowest BCUT2D eigenvalue weighted by atomic mass is 10.2. The minimum atomic E-state index is -3.80. The van der Waals surface area contributed by atoms with Crippen LogP contribution in [0, 0.1) is 0 Å². The number of anilines is 1. The number of rotatable bonds is 4. The van der Waals surface area contributed by atoms with Gasteiger partial charge in [0.2, 0.25) is 0 Å². The SMILES string of the molecule is O=S(=O)(Nc1cccnc1Cl)c1ccc2nc(-c3ccccc3)[nH]c2c1. The number of sulfonamides is 1. The van der Waals surface area contributed by atoms with Gasteiger partial charge in [-0.2, -0.15) is 0 Å². The summed E-state index contributed by atoms with van der Waals surface area (Å²) >= 11 is 5.93. The molecule has 0 atom stereocenters. The van der Waals surface area contributed by atoms with Crippen LogP contribution in [0.5, 0.6) is 0 Å². The number of nitrogens with zero attached hydrogens (tertiary/aromatic N) is 2. The van der Waals surface area contributed by atoms with E-state index in [4.69, 9.17) is 11.6 Å². The Balaban J connectivity index is 1.72.